The number of nitrogens with zero attached hydrogens (tertiary/aromatic N) is 2. The Morgan fingerprint density at radius 3 is 2.75 bits per heavy atom. The molecule has 0 saturated heterocycles. The average molecular weight is 289 g/mol. The van der Waals surface area contributed by atoms with E-state index in [0.717, 1.165) is 17.5 Å². The highest BCUT2D eigenvalue weighted by atomic mass is 35.5. The van der Waals surface area contributed by atoms with Crippen molar-refractivity contribution in [2.45, 2.75) is 25.2 Å². The first-order chi connectivity index (χ1) is 9.67. The quantitative estimate of drug-likeness (QED) is 0.819. The summed E-state index contributed by atoms with van der Waals surface area (Å²) in [5.41, 5.74) is 1.65. The highest BCUT2D eigenvalue weighted by Crippen LogP contribution is 2.38. The lowest BCUT2D eigenvalue weighted by atomic mass is 9.81. The van der Waals surface area contributed by atoms with E-state index in [0.29, 0.717) is 5.02 Å². The Morgan fingerprint density at radius 2 is 2.20 bits per heavy atom. The number of benzene rings is 1. The van der Waals surface area contributed by atoms with Gasteiger partial charge in [0.15, 0.2) is 0 Å². The highest BCUT2D eigenvalue weighted by molar-refractivity contribution is 6.31. The summed E-state index contributed by atoms with van der Waals surface area (Å²) >= 11 is 6.13. The van der Waals surface area contributed by atoms with Crippen LogP contribution in [0.1, 0.15) is 36.3 Å². The van der Waals surface area contributed by atoms with Crippen molar-refractivity contribution in [2.24, 2.45) is 0 Å². The van der Waals surface area contributed by atoms with Gasteiger partial charge < -0.3 is 0 Å². The zero-order chi connectivity index (χ0) is 14.5. The zero-order valence-electron chi connectivity index (χ0n) is 11.1. The molecule has 2 aromatic rings. The minimum atomic E-state index is -0.372. The summed E-state index contributed by atoms with van der Waals surface area (Å²) in [6.45, 7) is 1.99. The van der Waals surface area contributed by atoms with Crippen LogP contribution < -0.4 is 0 Å². The van der Waals surface area contributed by atoms with E-state index in [9.17, 15) is 9.65 Å². The van der Waals surface area contributed by atoms with E-state index in [1.807, 2.05) is 13.0 Å². The molecule has 0 bridgehead atoms. The molecular formula is C16H14ClFN2. The van der Waals surface area contributed by atoms with Crippen LogP contribution in [0.25, 0.3) is 0 Å². The smallest absolute Gasteiger partial charge is 0.124 e. The van der Waals surface area contributed by atoms with Crippen molar-refractivity contribution in [3.05, 3.63) is 64.7 Å². The van der Waals surface area contributed by atoms with E-state index in [1.165, 1.54) is 12.1 Å². The molecule has 2 unspecified atom stereocenters. The molecule has 1 heterocycles. The molecule has 20 heavy (non-hydrogen) atoms. The first-order valence-corrected chi connectivity index (χ1v) is 6.79. The van der Waals surface area contributed by atoms with Gasteiger partial charge >= 0.3 is 0 Å². The number of hydrogen-bond donors (Lipinski definition) is 0. The predicted molar refractivity (Wildman–Crippen MR) is 77.0 cm³/mol. The maximum absolute atomic E-state index is 13.2. The van der Waals surface area contributed by atoms with Gasteiger partial charge in [-0.2, -0.15) is 5.26 Å². The van der Waals surface area contributed by atoms with Crippen molar-refractivity contribution in [2.75, 3.05) is 0 Å². The van der Waals surface area contributed by atoms with Crippen molar-refractivity contribution >= 4 is 11.6 Å². The molecule has 102 valence electrons. The predicted octanol–water partition coefficient (Wildman–Crippen LogP) is 4.68. The first kappa shape index (κ1) is 14.5. The fourth-order valence-electron chi connectivity index (χ4n) is 2.39. The third-order valence-corrected chi connectivity index (χ3v) is 3.71. The molecule has 0 aliphatic rings. The summed E-state index contributed by atoms with van der Waals surface area (Å²) in [4.78, 5) is 4.06. The average Bonchev–Trinajstić information content (AvgIpc) is 2.46. The largest absolute Gasteiger partial charge is 0.264 e. The summed E-state index contributed by atoms with van der Waals surface area (Å²) in [7, 11) is 0. The number of rotatable bonds is 4. The normalized spacial score (nSPS) is 13.5. The second-order valence-electron chi connectivity index (χ2n) is 4.57. The molecule has 0 aliphatic carbocycles. The van der Waals surface area contributed by atoms with Crippen LogP contribution in [-0.2, 0) is 0 Å². The van der Waals surface area contributed by atoms with Gasteiger partial charge in [0.05, 0.1) is 12.0 Å². The molecule has 0 radical (unpaired) electrons. The van der Waals surface area contributed by atoms with Crippen LogP contribution >= 0.6 is 11.6 Å². The van der Waals surface area contributed by atoms with Gasteiger partial charge in [-0.05, 0) is 35.7 Å². The van der Waals surface area contributed by atoms with Gasteiger partial charge in [0, 0.05) is 23.3 Å². The number of hydrogen-bond acceptors (Lipinski definition) is 2. The van der Waals surface area contributed by atoms with Crippen LogP contribution in [0.2, 0.25) is 5.02 Å². The molecule has 1 aromatic carbocycles. The summed E-state index contributed by atoms with van der Waals surface area (Å²) in [5.74, 6) is -0.808. The van der Waals surface area contributed by atoms with Crippen LogP contribution in [-0.4, -0.2) is 4.98 Å². The molecule has 0 saturated carbocycles. The van der Waals surface area contributed by atoms with Crippen molar-refractivity contribution < 1.29 is 4.39 Å². The Balaban J connectivity index is 2.43. The molecule has 2 nitrogen and oxygen atoms in total. The Bertz CT molecular complexity index is 622. The molecule has 0 aliphatic heterocycles. The van der Waals surface area contributed by atoms with Gasteiger partial charge in [-0.1, -0.05) is 30.7 Å². The number of pyridine rings is 1. The lowest BCUT2D eigenvalue weighted by molar-refractivity contribution is 0.597. The van der Waals surface area contributed by atoms with Crippen molar-refractivity contribution in [3.63, 3.8) is 0 Å². The van der Waals surface area contributed by atoms with Crippen LogP contribution in [0.5, 0.6) is 0 Å². The first-order valence-electron chi connectivity index (χ1n) is 6.41. The van der Waals surface area contributed by atoms with Crippen LogP contribution in [0, 0.1) is 17.1 Å². The highest BCUT2D eigenvalue weighted by Gasteiger charge is 2.25. The molecule has 0 fully saturated rings. The summed E-state index contributed by atoms with van der Waals surface area (Å²) in [5, 5.41) is 9.85. The number of aromatic nitrogens is 1. The Hall–Kier alpha value is -1.92. The summed E-state index contributed by atoms with van der Waals surface area (Å²) in [6, 6.07) is 10.3. The number of halogens is 2. The van der Waals surface area contributed by atoms with E-state index < -0.39 is 0 Å². The minimum absolute atomic E-state index is 0.0858. The third kappa shape index (κ3) is 2.97. The lowest BCUT2D eigenvalue weighted by Gasteiger charge is -2.22. The molecule has 2 atom stereocenters. The number of nitriles is 1. The van der Waals surface area contributed by atoms with Crippen LogP contribution in [0.4, 0.5) is 4.39 Å². The maximum atomic E-state index is 13.2. The van der Waals surface area contributed by atoms with E-state index in [-0.39, 0.29) is 17.7 Å². The fourth-order valence-corrected chi connectivity index (χ4v) is 2.70. The van der Waals surface area contributed by atoms with Crippen molar-refractivity contribution in [1.29, 1.82) is 5.26 Å². The summed E-state index contributed by atoms with van der Waals surface area (Å²) < 4.78 is 13.2. The van der Waals surface area contributed by atoms with Crippen LogP contribution in [0.3, 0.4) is 0 Å². The molecule has 0 N–H and O–H groups in total. The van der Waals surface area contributed by atoms with E-state index in [4.69, 9.17) is 11.6 Å². The lowest BCUT2D eigenvalue weighted by Crippen LogP contribution is -2.10. The second-order valence-corrected chi connectivity index (χ2v) is 4.98. The van der Waals surface area contributed by atoms with E-state index in [2.05, 4.69) is 11.1 Å². The Labute approximate surface area is 122 Å². The van der Waals surface area contributed by atoms with Gasteiger partial charge in [-0.15, -0.1) is 0 Å². The molecule has 4 heteroatoms. The van der Waals surface area contributed by atoms with Gasteiger partial charge in [-0.3, -0.25) is 4.98 Å². The van der Waals surface area contributed by atoms with E-state index >= 15 is 0 Å². The molecule has 1 aromatic heterocycles. The standard InChI is InChI=1S/C16H14ClFN2/c1-2-13(14-6-5-12(18)8-16(14)17)15(9-19)11-4-3-7-20-10-11/h3-8,10,13,15H,2H2,1H3. The third-order valence-electron chi connectivity index (χ3n) is 3.39. The second kappa shape index (κ2) is 6.49. The van der Waals surface area contributed by atoms with Gasteiger partial charge in [0.2, 0.25) is 0 Å². The SMILES string of the molecule is CCC(c1ccc(F)cc1Cl)C(C#N)c1cccnc1. The zero-order valence-corrected chi connectivity index (χ0v) is 11.8. The van der Waals surface area contributed by atoms with E-state index in [1.54, 1.807) is 24.5 Å². The molecule has 0 amide bonds. The Kier molecular flexibility index (Phi) is 4.70. The molecule has 0 spiro atoms. The topological polar surface area (TPSA) is 36.7 Å². The molecule has 2 rings (SSSR count). The van der Waals surface area contributed by atoms with Crippen molar-refractivity contribution in [1.82, 2.24) is 4.98 Å². The fraction of sp³-hybridized carbons (Fsp3) is 0.250. The van der Waals surface area contributed by atoms with Crippen LogP contribution in [0.15, 0.2) is 42.7 Å². The molecular weight excluding hydrogens is 275 g/mol. The minimum Gasteiger partial charge on any atom is -0.264 e. The monoisotopic (exact) mass is 288 g/mol. The van der Waals surface area contributed by atoms with Gasteiger partial charge in [-0.25, -0.2) is 4.39 Å². The van der Waals surface area contributed by atoms with Gasteiger partial charge in [0.25, 0.3) is 0 Å². The Morgan fingerprint density at radius 1 is 1.40 bits per heavy atom. The maximum Gasteiger partial charge on any atom is 0.124 e. The summed E-state index contributed by atoms with van der Waals surface area (Å²) in [6.07, 6.45) is 4.09. The van der Waals surface area contributed by atoms with Gasteiger partial charge in [0.1, 0.15) is 5.82 Å². The van der Waals surface area contributed by atoms with Crippen molar-refractivity contribution in [3.8, 4) is 6.07 Å².